The highest BCUT2D eigenvalue weighted by Crippen LogP contribution is 2.15. The van der Waals surface area contributed by atoms with Gasteiger partial charge in [-0.25, -0.2) is 0 Å². The van der Waals surface area contributed by atoms with Crippen molar-refractivity contribution in [3.05, 3.63) is 36.5 Å². The SMILES string of the molecule is CCCCCCC/C=C\CCCCCCCC(=O)OCCCCCCCC/C=C\CCCCCCCCCC(=O)NC(CO)C(O)/C=C/CCCCCCCCCCCCCCC. The molecule has 0 saturated heterocycles. The lowest BCUT2D eigenvalue weighted by Gasteiger charge is -2.20. The molecule has 1 amide bonds. The van der Waals surface area contributed by atoms with E-state index >= 15 is 0 Å². The third-order valence-corrected chi connectivity index (χ3v) is 12.6. The van der Waals surface area contributed by atoms with Gasteiger partial charge in [-0.1, -0.05) is 230 Å². The lowest BCUT2D eigenvalue weighted by Crippen LogP contribution is -2.45. The molecule has 3 N–H and O–H groups in total. The van der Waals surface area contributed by atoms with Crippen LogP contribution in [0.15, 0.2) is 36.5 Å². The maximum absolute atomic E-state index is 12.4. The highest BCUT2D eigenvalue weighted by molar-refractivity contribution is 5.76. The van der Waals surface area contributed by atoms with Crippen molar-refractivity contribution in [1.29, 1.82) is 0 Å². The number of unbranched alkanes of at least 4 members (excludes halogenated alkanes) is 36. The van der Waals surface area contributed by atoms with E-state index in [9.17, 15) is 19.8 Å². The van der Waals surface area contributed by atoms with E-state index in [-0.39, 0.29) is 18.5 Å². The summed E-state index contributed by atoms with van der Waals surface area (Å²) in [7, 11) is 0. The third-order valence-electron chi connectivity index (χ3n) is 12.6. The maximum atomic E-state index is 12.4. The molecule has 370 valence electrons. The van der Waals surface area contributed by atoms with Gasteiger partial charge in [-0.3, -0.25) is 9.59 Å². The Balaban J connectivity index is 3.49. The molecule has 2 atom stereocenters. The van der Waals surface area contributed by atoms with Crippen molar-refractivity contribution in [2.75, 3.05) is 13.2 Å². The molecule has 0 aliphatic carbocycles. The number of carbonyl (C=O) groups excluding carboxylic acids is 2. The molecule has 0 aliphatic rings. The number of hydrogen-bond donors (Lipinski definition) is 3. The van der Waals surface area contributed by atoms with E-state index in [0.717, 1.165) is 57.8 Å². The topological polar surface area (TPSA) is 95.9 Å². The van der Waals surface area contributed by atoms with Crippen LogP contribution >= 0.6 is 0 Å². The fraction of sp³-hybridized carbons (Fsp3) is 0.860. The van der Waals surface area contributed by atoms with Crippen LogP contribution in [-0.4, -0.2) is 47.4 Å². The maximum Gasteiger partial charge on any atom is 0.305 e. The second kappa shape index (κ2) is 52.7. The van der Waals surface area contributed by atoms with Gasteiger partial charge < -0.3 is 20.3 Å². The number of aliphatic hydroxyl groups is 2. The molecule has 0 spiro atoms. The number of nitrogens with one attached hydrogen (secondary N) is 1. The Morgan fingerprint density at radius 2 is 0.746 bits per heavy atom. The number of amides is 1. The normalized spacial score (nSPS) is 12.9. The average Bonchev–Trinajstić information content (AvgIpc) is 3.28. The Hall–Kier alpha value is -1.92. The molecule has 0 heterocycles. The minimum absolute atomic E-state index is 0.0117. The first-order chi connectivity index (χ1) is 31.0. The number of esters is 1. The predicted molar refractivity (Wildman–Crippen MR) is 273 cm³/mol. The van der Waals surface area contributed by atoms with Crippen LogP contribution in [0, 0.1) is 0 Å². The number of hydrogen-bond acceptors (Lipinski definition) is 5. The van der Waals surface area contributed by atoms with E-state index in [2.05, 4.69) is 43.5 Å². The first-order valence-electron chi connectivity index (χ1n) is 27.8. The van der Waals surface area contributed by atoms with Crippen LogP contribution < -0.4 is 5.32 Å². The van der Waals surface area contributed by atoms with Crippen molar-refractivity contribution in [2.24, 2.45) is 0 Å². The number of ether oxygens (including phenoxy) is 1. The first kappa shape index (κ1) is 61.1. The van der Waals surface area contributed by atoms with Crippen molar-refractivity contribution < 1.29 is 24.5 Å². The quantitative estimate of drug-likeness (QED) is 0.0321. The zero-order chi connectivity index (χ0) is 45.8. The number of allylic oxidation sites excluding steroid dienone is 5. The van der Waals surface area contributed by atoms with Crippen molar-refractivity contribution in [2.45, 2.75) is 302 Å². The molecule has 0 saturated carbocycles. The first-order valence-corrected chi connectivity index (χ1v) is 27.8. The monoisotopic (exact) mass is 886 g/mol. The van der Waals surface area contributed by atoms with E-state index in [4.69, 9.17) is 4.74 Å². The summed E-state index contributed by atoms with van der Waals surface area (Å²) >= 11 is 0. The van der Waals surface area contributed by atoms with Gasteiger partial charge in [0.2, 0.25) is 5.91 Å². The fourth-order valence-corrected chi connectivity index (χ4v) is 8.33. The molecule has 63 heavy (non-hydrogen) atoms. The van der Waals surface area contributed by atoms with E-state index in [0.29, 0.717) is 19.4 Å². The van der Waals surface area contributed by atoms with Crippen molar-refractivity contribution >= 4 is 11.9 Å². The molecule has 0 radical (unpaired) electrons. The highest BCUT2D eigenvalue weighted by atomic mass is 16.5. The largest absolute Gasteiger partial charge is 0.466 e. The molecule has 2 unspecified atom stereocenters. The summed E-state index contributed by atoms with van der Waals surface area (Å²) < 4.78 is 5.46. The van der Waals surface area contributed by atoms with Gasteiger partial charge in [-0.2, -0.15) is 0 Å². The fourth-order valence-electron chi connectivity index (χ4n) is 8.33. The molecule has 0 aromatic heterocycles. The summed E-state index contributed by atoms with van der Waals surface area (Å²) in [5, 5.41) is 23.1. The molecule has 0 aliphatic heterocycles. The van der Waals surface area contributed by atoms with Gasteiger partial charge in [0, 0.05) is 12.8 Å². The van der Waals surface area contributed by atoms with Crippen LogP contribution in [0.4, 0.5) is 0 Å². The second-order valence-corrected chi connectivity index (χ2v) is 18.9. The Labute approximate surface area is 392 Å². The summed E-state index contributed by atoms with van der Waals surface area (Å²) in [6.07, 6.45) is 64.4. The van der Waals surface area contributed by atoms with E-state index in [1.54, 1.807) is 6.08 Å². The van der Waals surface area contributed by atoms with Crippen LogP contribution in [0.5, 0.6) is 0 Å². The van der Waals surface area contributed by atoms with Crippen LogP contribution in [0.1, 0.15) is 290 Å². The van der Waals surface area contributed by atoms with E-state index < -0.39 is 12.1 Å². The minimum atomic E-state index is -0.852. The Bertz CT molecular complexity index is 1020. The molecule has 0 fully saturated rings. The van der Waals surface area contributed by atoms with Gasteiger partial charge in [-0.05, 0) is 83.5 Å². The average molecular weight is 886 g/mol. The van der Waals surface area contributed by atoms with Crippen molar-refractivity contribution in [3.63, 3.8) is 0 Å². The second-order valence-electron chi connectivity index (χ2n) is 18.9. The lowest BCUT2D eigenvalue weighted by molar-refractivity contribution is -0.143. The van der Waals surface area contributed by atoms with Gasteiger partial charge in [0.25, 0.3) is 0 Å². The van der Waals surface area contributed by atoms with Crippen LogP contribution in [0.25, 0.3) is 0 Å². The third kappa shape index (κ3) is 49.4. The molecule has 0 rings (SSSR count). The minimum Gasteiger partial charge on any atom is -0.466 e. The van der Waals surface area contributed by atoms with Crippen molar-refractivity contribution in [3.8, 4) is 0 Å². The molecular formula is C57H107NO5. The number of aliphatic hydroxyl groups excluding tert-OH is 2. The van der Waals surface area contributed by atoms with E-state index in [1.165, 1.54) is 205 Å². The highest BCUT2D eigenvalue weighted by Gasteiger charge is 2.18. The van der Waals surface area contributed by atoms with Gasteiger partial charge in [0.1, 0.15) is 0 Å². The van der Waals surface area contributed by atoms with Crippen LogP contribution in [0.3, 0.4) is 0 Å². The smallest absolute Gasteiger partial charge is 0.305 e. The predicted octanol–water partition coefficient (Wildman–Crippen LogP) is 16.9. The van der Waals surface area contributed by atoms with Gasteiger partial charge in [-0.15, -0.1) is 0 Å². The summed E-state index contributed by atoms with van der Waals surface area (Å²) in [5.74, 6) is -0.0918. The number of carbonyl (C=O) groups is 2. The molecule has 0 bridgehead atoms. The Kier molecular flexibility index (Phi) is 51.1. The molecular weight excluding hydrogens is 779 g/mol. The molecule has 0 aromatic carbocycles. The lowest BCUT2D eigenvalue weighted by atomic mass is 10.0. The van der Waals surface area contributed by atoms with Gasteiger partial charge >= 0.3 is 5.97 Å². The summed E-state index contributed by atoms with van der Waals surface area (Å²) in [6.45, 7) is 4.87. The Morgan fingerprint density at radius 1 is 0.429 bits per heavy atom. The summed E-state index contributed by atoms with van der Waals surface area (Å²) in [5.41, 5.74) is 0. The zero-order valence-corrected chi connectivity index (χ0v) is 42.1. The molecule has 0 aromatic rings. The van der Waals surface area contributed by atoms with E-state index in [1.807, 2.05) is 6.08 Å². The number of rotatable bonds is 51. The summed E-state index contributed by atoms with van der Waals surface area (Å²) in [6, 6.07) is -0.637. The zero-order valence-electron chi connectivity index (χ0n) is 42.1. The van der Waals surface area contributed by atoms with Gasteiger partial charge in [0.15, 0.2) is 0 Å². The Morgan fingerprint density at radius 3 is 1.13 bits per heavy atom. The summed E-state index contributed by atoms with van der Waals surface area (Å²) in [4.78, 5) is 24.5. The van der Waals surface area contributed by atoms with Crippen LogP contribution in [0.2, 0.25) is 0 Å². The van der Waals surface area contributed by atoms with Crippen molar-refractivity contribution in [1.82, 2.24) is 5.32 Å². The van der Waals surface area contributed by atoms with Gasteiger partial charge in [0.05, 0.1) is 25.4 Å². The standard InChI is InChI=1S/C57H107NO5/c1-3-5-7-9-11-13-15-17-22-25-29-33-37-41-45-49-55(60)54(53-59)58-56(61)50-46-42-38-34-30-26-23-20-19-21-24-28-32-36-40-44-48-52-63-57(62)51-47-43-39-35-31-27-18-16-14-12-10-8-6-4-2/h16,18-19,21,45,49,54-55,59-60H,3-15,17,20,22-44,46-48,50-53H2,1-2H3,(H,58,61)/b18-16-,21-19-,49-45+. The van der Waals surface area contributed by atoms with Crippen LogP contribution in [-0.2, 0) is 14.3 Å². The molecule has 6 nitrogen and oxygen atoms in total. The molecule has 6 heteroatoms.